The number of hydrogen-bond donors (Lipinski definition) is 0. The number of hydrogen-bond acceptors (Lipinski definition) is 2. The summed E-state index contributed by atoms with van der Waals surface area (Å²) in [5.74, 6) is 0. The number of nitrogens with zero attached hydrogens (tertiary/aromatic N) is 2. The summed E-state index contributed by atoms with van der Waals surface area (Å²) in [6.45, 7) is 1.74. The molecular weight excluding hydrogens is 156 g/mol. The van der Waals surface area contributed by atoms with Crippen LogP contribution < -0.4 is 0 Å². The molecule has 0 bridgehead atoms. The molecule has 0 atom stereocenters. The third-order valence-corrected chi connectivity index (χ3v) is 2.17. The highest BCUT2D eigenvalue weighted by atomic mass is 16.7. The summed E-state index contributed by atoms with van der Waals surface area (Å²) in [6, 6.07) is -0.0304. The van der Waals surface area contributed by atoms with Gasteiger partial charge in [-0.2, -0.15) is 0 Å². The number of likely N-dealkylation sites (tertiary alicyclic amines) is 1. The number of hydroxylamine groups is 2. The van der Waals surface area contributed by atoms with Crippen molar-refractivity contribution in [2.24, 2.45) is 0 Å². The van der Waals surface area contributed by atoms with Crippen molar-refractivity contribution in [2.45, 2.75) is 19.3 Å². The second kappa shape index (κ2) is 4.30. The van der Waals surface area contributed by atoms with E-state index in [0.717, 1.165) is 25.9 Å². The molecule has 0 aromatic carbocycles. The van der Waals surface area contributed by atoms with Gasteiger partial charge in [0.05, 0.1) is 7.11 Å². The summed E-state index contributed by atoms with van der Waals surface area (Å²) in [7, 11) is 3.14. The van der Waals surface area contributed by atoms with Crippen LogP contribution >= 0.6 is 0 Å². The van der Waals surface area contributed by atoms with Gasteiger partial charge < -0.3 is 4.90 Å². The Labute approximate surface area is 73.0 Å². The molecule has 0 radical (unpaired) electrons. The van der Waals surface area contributed by atoms with Crippen LogP contribution in [0.15, 0.2) is 0 Å². The van der Waals surface area contributed by atoms with Crippen LogP contribution in [0, 0.1) is 0 Å². The molecule has 4 heteroatoms. The Kier molecular flexibility index (Phi) is 3.34. The molecule has 1 fully saturated rings. The lowest BCUT2D eigenvalue weighted by Gasteiger charge is -2.29. The van der Waals surface area contributed by atoms with Gasteiger partial charge in [0.15, 0.2) is 0 Å². The van der Waals surface area contributed by atoms with Crippen molar-refractivity contribution < 1.29 is 9.63 Å². The Morgan fingerprint density at radius 2 is 1.92 bits per heavy atom. The fourth-order valence-electron chi connectivity index (χ4n) is 1.36. The Hall–Kier alpha value is -0.770. The maximum atomic E-state index is 11.5. The van der Waals surface area contributed by atoms with Gasteiger partial charge in [-0.15, -0.1) is 0 Å². The number of rotatable bonds is 1. The van der Waals surface area contributed by atoms with Crippen LogP contribution in [0.3, 0.4) is 0 Å². The van der Waals surface area contributed by atoms with Gasteiger partial charge in [-0.25, -0.2) is 9.86 Å². The number of piperidine rings is 1. The SMILES string of the molecule is CON(C)C(=O)N1CCCCC1. The molecule has 1 aliphatic rings. The predicted octanol–water partition coefficient (Wildman–Crippen LogP) is 1.09. The van der Waals surface area contributed by atoms with Gasteiger partial charge in [0.2, 0.25) is 0 Å². The molecule has 4 nitrogen and oxygen atoms in total. The molecule has 1 aliphatic heterocycles. The molecule has 1 heterocycles. The van der Waals surface area contributed by atoms with Crippen LogP contribution in [-0.4, -0.2) is 43.2 Å². The first-order valence-corrected chi connectivity index (χ1v) is 4.32. The fraction of sp³-hybridized carbons (Fsp3) is 0.875. The van der Waals surface area contributed by atoms with Gasteiger partial charge in [0.25, 0.3) is 0 Å². The standard InChI is InChI=1S/C8H16N2O2/c1-9(12-2)8(11)10-6-4-3-5-7-10/h3-7H2,1-2H3. The molecule has 12 heavy (non-hydrogen) atoms. The van der Waals surface area contributed by atoms with Crippen LogP contribution in [-0.2, 0) is 4.84 Å². The van der Waals surface area contributed by atoms with Crippen molar-refractivity contribution in [3.63, 3.8) is 0 Å². The lowest BCUT2D eigenvalue weighted by molar-refractivity contribution is -0.0770. The number of urea groups is 1. The summed E-state index contributed by atoms with van der Waals surface area (Å²) in [4.78, 5) is 18.1. The van der Waals surface area contributed by atoms with Crippen molar-refractivity contribution in [2.75, 3.05) is 27.2 Å². The second-order valence-electron chi connectivity index (χ2n) is 3.01. The first kappa shape index (κ1) is 9.32. The quantitative estimate of drug-likeness (QED) is 0.554. The molecule has 0 saturated carbocycles. The molecular formula is C8H16N2O2. The second-order valence-corrected chi connectivity index (χ2v) is 3.01. The van der Waals surface area contributed by atoms with Crippen LogP contribution in [0.1, 0.15) is 19.3 Å². The van der Waals surface area contributed by atoms with E-state index in [9.17, 15) is 4.79 Å². The molecule has 70 valence electrons. The van der Waals surface area contributed by atoms with Crippen LogP contribution in [0.2, 0.25) is 0 Å². The van der Waals surface area contributed by atoms with Crippen molar-refractivity contribution in [1.29, 1.82) is 0 Å². The Balaban J connectivity index is 2.39. The third-order valence-electron chi connectivity index (χ3n) is 2.17. The molecule has 0 N–H and O–H groups in total. The maximum absolute atomic E-state index is 11.5. The molecule has 0 aliphatic carbocycles. The maximum Gasteiger partial charge on any atom is 0.343 e. The van der Waals surface area contributed by atoms with E-state index in [1.807, 2.05) is 4.90 Å². The average Bonchev–Trinajstić information content (AvgIpc) is 2.17. The van der Waals surface area contributed by atoms with E-state index in [2.05, 4.69) is 0 Å². The van der Waals surface area contributed by atoms with E-state index >= 15 is 0 Å². The first-order valence-electron chi connectivity index (χ1n) is 4.32. The zero-order valence-electron chi connectivity index (χ0n) is 7.75. The van der Waals surface area contributed by atoms with Crippen LogP contribution in [0.4, 0.5) is 4.79 Å². The van der Waals surface area contributed by atoms with Crippen LogP contribution in [0.5, 0.6) is 0 Å². The Morgan fingerprint density at radius 3 is 2.42 bits per heavy atom. The molecule has 1 rings (SSSR count). The number of carbonyl (C=O) groups excluding carboxylic acids is 1. The fourth-order valence-corrected chi connectivity index (χ4v) is 1.36. The van der Waals surface area contributed by atoms with E-state index in [0.29, 0.717) is 0 Å². The largest absolute Gasteiger partial charge is 0.343 e. The zero-order chi connectivity index (χ0) is 8.97. The predicted molar refractivity (Wildman–Crippen MR) is 45.6 cm³/mol. The first-order chi connectivity index (χ1) is 5.75. The van der Waals surface area contributed by atoms with Gasteiger partial charge >= 0.3 is 6.03 Å². The molecule has 0 aromatic heterocycles. The summed E-state index contributed by atoms with van der Waals surface area (Å²) < 4.78 is 0. The van der Waals surface area contributed by atoms with Crippen molar-refractivity contribution in [3.05, 3.63) is 0 Å². The van der Waals surface area contributed by atoms with E-state index < -0.39 is 0 Å². The van der Waals surface area contributed by atoms with E-state index in [-0.39, 0.29) is 6.03 Å². The highest BCUT2D eigenvalue weighted by Gasteiger charge is 2.19. The lowest BCUT2D eigenvalue weighted by atomic mass is 10.1. The van der Waals surface area contributed by atoms with E-state index in [4.69, 9.17) is 4.84 Å². The number of amides is 2. The van der Waals surface area contributed by atoms with Gasteiger partial charge in [0, 0.05) is 20.1 Å². The van der Waals surface area contributed by atoms with Gasteiger partial charge in [-0.3, -0.25) is 4.84 Å². The number of carbonyl (C=O) groups is 1. The van der Waals surface area contributed by atoms with Gasteiger partial charge in [-0.1, -0.05) is 0 Å². The third kappa shape index (κ3) is 2.11. The zero-order valence-corrected chi connectivity index (χ0v) is 7.75. The Bertz CT molecular complexity index is 155. The van der Waals surface area contributed by atoms with E-state index in [1.165, 1.54) is 18.6 Å². The van der Waals surface area contributed by atoms with Crippen molar-refractivity contribution in [1.82, 2.24) is 9.96 Å². The molecule has 0 spiro atoms. The normalized spacial score (nSPS) is 17.7. The molecule has 2 amide bonds. The Morgan fingerprint density at radius 1 is 1.33 bits per heavy atom. The molecule has 1 saturated heterocycles. The highest BCUT2D eigenvalue weighted by Crippen LogP contribution is 2.10. The topological polar surface area (TPSA) is 32.8 Å². The summed E-state index contributed by atoms with van der Waals surface area (Å²) in [5, 5.41) is 1.27. The molecule has 0 aromatic rings. The minimum Gasteiger partial charge on any atom is -0.323 e. The highest BCUT2D eigenvalue weighted by molar-refractivity contribution is 5.73. The average molecular weight is 172 g/mol. The summed E-state index contributed by atoms with van der Waals surface area (Å²) >= 11 is 0. The summed E-state index contributed by atoms with van der Waals surface area (Å²) in [6.07, 6.45) is 3.47. The van der Waals surface area contributed by atoms with Gasteiger partial charge in [-0.05, 0) is 19.3 Å². The van der Waals surface area contributed by atoms with Crippen molar-refractivity contribution >= 4 is 6.03 Å². The van der Waals surface area contributed by atoms with E-state index in [1.54, 1.807) is 7.05 Å². The van der Waals surface area contributed by atoms with Gasteiger partial charge in [0.1, 0.15) is 0 Å². The molecule has 0 unspecified atom stereocenters. The minimum absolute atomic E-state index is 0.0304. The lowest BCUT2D eigenvalue weighted by Crippen LogP contribution is -2.43. The summed E-state index contributed by atoms with van der Waals surface area (Å²) in [5.41, 5.74) is 0. The van der Waals surface area contributed by atoms with Crippen LogP contribution in [0.25, 0.3) is 0 Å². The van der Waals surface area contributed by atoms with Crippen molar-refractivity contribution in [3.8, 4) is 0 Å². The minimum atomic E-state index is -0.0304. The smallest absolute Gasteiger partial charge is 0.323 e. The monoisotopic (exact) mass is 172 g/mol.